The van der Waals surface area contributed by atoms with Crippen molar-refractivity contribution in [2.24, 2.45) is 0 Å². The maximum absolute atomic E-state index is 12.4. The van der Waals surface area contributed by atoms with Crippen LogP contribution in [0.1, 0.15) is 43.4 Å². The predicted molar refractivity (Wildman–Crippen MR) is 110 cm³/mol. The van der Waals surface area contributed by atoms with E-state index in [2.05, 4.69) is 29.8 Å². The topological polar surface area (TPSA) is 96.5 Å². The number of urea groups is 1. The molecule has 0 spiro atoms. The van der Waals surface area contributed by atoms with Gasteiger partial charge >= 0.3 is 6.03 Å². The predicted octanol–water partition coefficient (Wildman–Crippen LogP) is 3.19. The van der Waals surface area contributed by atoms with Gasteiger partial charge in [-0.2, -0.15) is 0 Å². The fraction of sp³-hybridized carbons (Fsp3) is 0.318. The van der Waals surface area contributed by atoms with Gasteiger partial charge in [0.15, 0.2) is 6.61 Å². The second-order valence-electron chi connectivity index (χ2n) is 7.65. The molecular weight excluding hydrogens is 370 g/mol. The van der Waals surface area contributed by atoms with Gasteiger partial charge in [0.2, 0.25) is 0 Å². The summed E-state index contributed by atoms with van der Waals surface area (Å²) in [6, 6.07) is 12.2. The van der Waals surface area contributed by atoms with Crippen LogP contribution in [0.2, 0.25) is 0 Å². The first-order valence-corrected chi connectivity index (χ1v) is 9.46. The van der Waals surface area contributed by atoms with E-state index >= 15 is 0 Å². The molecule has 7 heteroatoms. The summed E-state index contributed by atoms with van der Waals surface area (Å²) < 4.78 is 5.76. The van der Waals surface area contributed by atoms with Gasteiger partial charge in [0.1, 0.15) is 11.3 Å². The molecule has 0 radical (unpaired) electrons. The van der Waals surface area contributed by atoms with Gasteiger partial charge in [-0.15, -0.1) is 0 Å². The van der Waals surface area contributed by atoms with Crippen molar-refractivity contribution in [2.45, 2.75) is 39.2 Å². The van der Waals surface area contributed by atoms with Gasteiger partial charge in [-0.3, -0.25) is 14.9 Å². The van der Waals surface area contributed by atoms with E-state index in [0.29, 0.717) is 17.0 Å². The van der Waals surface area contributed by atoms with Crippen molar-refractivity contribution in [3.8, 4) is 5.75 Å². The van der Waals surface area contributed by atoms with E-state index in [-0.39, 0.29) is 18.4 Å². The van der Waals surface area contributed by atoms with Crippen molar-refractivity contribution in [3.05, 3.63) is 59.2 Å². The van der Waals surface area contributed by atoms with Crippen molar-refractivity contribution in [1.29, 1.82) is 0 Å². The van der Waals surface area contributed by atoms with Crippen LogP contribution < -0.4 is 20.7 Å². The lowest BCUT2D eigenvalue weighted by atomic mass is 9.92. The Hall–Kier alpha value is -3.35. The molecule has 1 unspecified atom stereocenters. The van der Waals surface area contributed by atoms with Gasteiger partial charge < -0.3 is 15.4 Å². The molecule has 2 aromatic carbocycles. The Morgan fingerprint density at radius 3 is 2.59 bits per heavy atom. The number of carbonyl (C=O) groups excluding carboxylic acids is 3. The molecule has 2 aromatic rings. The normalized spacial score (nSPS) is 18.4. The van der Waals surface area contributed by atoms with E-state index in [0.717, 1.165) is 11.1 Å². The summed E-state index contributed by atoms with van der Waals surface area (Å²) in [6.07, 6.45) is 0. The van der Waals surface area contributed by atoms with Crippen molar-refractivity contribution < 1.29 is 19.1 Å². The first-order chi connectivity index (χ1) is 13.7. The standard InChI is InChI=1S/C22H25N3O4/c1-13(2)17-9-8-14(3)10-18(17)29-12-19(26)23-16-7-5-6-15(11-16)22(4)20(27)24-21(28)25-22/h5-11,13H,12H2,1-4H3,(H,23,26)(H2,24,25,27,28). The van der Waals surface area contributed by atoms with Gasteiger partial charge in [-0.1, -0.05) is 38.1 Å². The lowest BCUT2D eigenvalue weighted by molar-refractivity contribution is -0.123. The van der Waals surface area contributed by atoms with Crippen LogP contribution in [-0.2, 0) is 15.1 Å². The molecule has 0 aliphatic carbocycles. The molecule has 29 heavy (non-hydrogen) atoms. The average Bonchev–Trinajstić information content (AvgIpc) is 2.93. The summed E-state index contributed by atoms with van der Waals surface area (Å²) >= 11 is 0. The van der Waals surface area contributed by atoms with Gasteiger partial charge in [-0.25, -0.2) is 4.79 Å². The molecule has 1 fully saturated rings. The molecule has 7 nitrogen and oxygen atoms in total. The van der Waals surface area contributed by atoms with E-state index in [9.17, 15) is 14.4 Å². The van der Waals surface area contributed by atoms with Gasteiger partial charge in [0.05, 0.1) is 0 Å². The Kier molecular flexibility index (Phi) is 5.59. The second kappa shape index (κ2) is 7.95. The van der Waals surface area contributed by atoms with E-state index < -0.39 is 17.5 Å². The minimum absolute atomic E-state index is 0.137. The highest BCUT2D eigenvalue weighted by Gasteiger charge is 2.43. The fourth-order valence-corrected chi connectivity index (χ4v) is 3.24. The van der Waals surface area contributed by atoms with Crippen molar-refractivity contribution in [3.63, 3.8) is 0 Å². The Labute approximate surface area is 169 Å². The molecule has 1 aliphatic rings. The Bertz CT molecular complexity index is 970. The molecule has 1 aliphatic heterocycles. The van der Waals surface area contributed by atoms with Crippen LogP contribution in [0, 0.1) is 6.92 Å². The lowest BCUT2D eigenvalue weighted by Gasteiger charge is -2.21. The fourth-order valence-electron chi connectivity index (χ4n) is 3.24. The molecular formula is C22H25N3O4. The number of benzene rings is 2. The quantitative estimate of drug-likeness (QED) is 0.655. The lowest BCUT2D eigenvalue weighted by Crippen LogP contribution is -2.40. The van der Waals surface area contributed by atoms with Crippen LogP contribution in [0.15, 0.2) is 42.5 Å². The Balaban J connectivity index is 1.69. The summed E-state index contributed by atoms with van der Waals surface area (Å²) in [6.45, 7) is 7.59. The molecule has 3 rings (SSSR count). The van der Waals surface area contributed by atoms with E-state index in [1.165, 1.54) is 0 Å². The van der Waals surface area contributed by atoms with Gasteiger partial charge in [0.25, 0.3) is 11.8 Å². The highest BCUT2D eigenvalue weighted by molar-refractivity contribution is 6.07. The number of carbonyl (C=O) groups is 3. The molecule has 0 aromatic heterocycles. The van der Waals surface area contributed by atoms with Crippen LogP contribution >= 0.6 is 0 Å². The highest BCUT2D eigenvalue weighted by atomic mass is 16.5. The molecule has 152 valence electrons. The Morgan fingerprint density at radius 2 is 1.93 bits per heavy atom. The number of anilines is 1. The molecule has 4 amide bonds. The number of ether oxygens (including phenoxy) is 1. The van der Waals surface area contributed by atoms with Gasteiger partial charge in [-0.05, 0) is 54.7 Å². The summed E-state index contributed by atoms with van der Waals surface area (Å²) in [5, 5.41) is 7.61. The monoisotopic (exact) mass is 395 g/mol. The maximum atomic E-state index is 12.4. The highest BCUT2D eigenvalue weighted by Crippen LogP contribution is 2.28. The summed E-state index contributed by atoms with van der Waals surface area (Å²) in [5.74, 6) is 0.221. The third kappa shape index (κ3) is 4.39. The number of hydrogen-bond acceptors (Lipinski definition) is 4. The molecule has 1 saturated heterocycles. The summed E-state index contributed by atoms with van der Waals surface area (Å²) in [4.78, 5) is 36.0. The summed E-state index contributed by atoms with van der Waals surface area (Å²) in [7, 11) is 0. The number of amides is 4. The molecule has 0 saturated carbocycles. The third-order valence-electron chi connectivity index (χ3n) is 4.92. The Morgan fingerprint density at radius 1 is 1.17 bits per heavy atom. The van der Waals surface area contributed by atoms with Crippen LogP contribution in [0.25, 0.3) is 0 Å². The van der Waals surface area contributed by atoms with E-state index in [1.807, 2.05) is 25.1 Å². The summed E-state index contributed by atoms with van der Waals surface area (Å²) in [5.41, 5.74) is 2.01. The number of nitrogens with one attached hydrogen (secondary N) is 3. The zero-order chi connectivity index (χ0) is 21.2. The maximum Gasteiger partial charge on any atom is 0.322 e. The van der Waals surface area contributed by atoms with E-state index in [4.69, 9.17) is 4.74 Å². The molecule has 0 bridgehead atoms. The second-order valence-corrected chi connectivity index (χ2v) is 7.65. The zero-order valence-corrected chi connectivity index (χ0v) is 17.0. The van der Waals surface area contributed by atoms with Crippen molar-refractivity contribution in [2.75, 3.05) is 11.9 Å². The number of rotatable bonds is 6. The number of hydrogen-bond donors (Lipinski definition) is 3. The van der Waals surface area contributed by atoms with Crippen LogP contribution in [0.3, 0.4) is 0 Å². The largest absolute Gasteiger partial charge is 0.483 e. The van der Waals surface area contributed by atoms with Crippen molar-refractivity contribution in [1.82, 2.24) is 10.6 Å². The van der Waals surface area contributed by atoms with Crippen molar-refractivity contribution >= 4 is 23.5 Å². The van der Waals surface area contributed by atoms with Crippen LogP contribution in [-0.4, -0.2) is 24.5 Å². The molecule has 1 heterocycles. The van der Waals surface area contributed by atoms with Gasteiger partial charge in [0, 0.05) is 5.69 Å². The SMILES string of the molecule is Cc1ccc(C(C)C)c(OCC(=O)Nc2cccc(C3(C)NC(=O)NC3=O)c2)c1. The minimum atomic E-state index is -1.18. The first-order valence-electron chi connectivity index (χ1n) is 9.46. The number of imide groups is 1. The third-order valence-corrected chi connectivity index (χ3v) is 4.92. The van der Waals surface area contributed by atoms with Crippen LogP contribution in [0.4, 0.5) is 10.5 Å². The zero-order valence-electron chi connectivity index (χ0n) is 17.0. The average molecular weight is 395 g/mol. The smallest absolute Gasteiger partial charge is 0.322 e. The molecule has 1 atom stereocenters. The number of aryl methyl sites for hydroxylation is 1. The minimum Gasteiger partial charge on any atom is -0.483 e. The van der Waals surface area contributed by atoms with Crippen LogP contribution in [0.5, 0.6) is 5.75 Å². The first kappa shape index (κ1) is 20.4. The molecule has 3 N–H and O–H groups in total. The van der Waals surface area contributed by atoms with E-state index in [1.54, 1.807) is 31.2 Å².